The third-order valence-electron chi connectivity index (χ3n) is 4.31. The van der Waals surface area contributed by atoms with E-state index < -0.39 is 5.79 Å². The Morgan fingerprint density at radius 3 is 2.91 bits per heavy atom. The lowest BCUT2D eigenvalue weighted by Gasteiger charge is -2.22. The molecule has 0 bridgehead atoms. The Hall–Kier alpha value is -1.23. The van der Waals surface area contributed by atoms with Crippen LogP contribution >= 0.6 is 22.6 Å². The zero-order valence-electron chi connectivity index (χ0n) is 12.7. The number of nitrogen functional groups attached to an aromatic ring is 1. The van der Waals surface area contributed by atoms with Crippen molar-refractivity contribution in [3.63, 3.8) is 0 Å². The summed E-state index contributed by atoms with van der Waals surface area (Å²) >= 11 is 2.23. The van der Waals surface area contributed by atoms with Crippen LogP contribution in [-0.2, 0) is 9.47 Å². The summed E-state index contributed by atoms with van der Waals surface area (Å²) in [5.74, 6) is -0.213. The molecule has 3 N–H and O–H groups in total. The van der Waals surface area contributed by atoms with E-state index in [1.165, 1.54) is 6.33 Å². The van der Waals surface area contributed by atoms with E-state index >= 15 is 0 Å². The van der Waals surface area contributed by atoms with Crippen molar-refractivity contribution >= 4 is 39.4 Å². The molecule has 1 fully saturated rings. The normalized spacial score (nSPS) is 29.0. The summed E-state index contributed by atoms with van der Waals surface area (Å²) in [6.45, 7) is 3.72. The second-order valence-corrected chi connectivity index (χ2v) is 7.42. The Balaban J connectivity index is 1.85. The molecule has 0 amide bonds. The van der Waals surface area contributed by atoms with E-state index in [0.29, 0.717) is 5.82 Å². The van der Waals surface area contributed by atoms with E-state index in [1.54, 1.807) is 0 Å². The highest BCUT2D eigenvalue weighted by Gasteiger charge is 2.50. The number of anilines is 1. The zero-order valence-corrected chi connectivity index (χ0v) is 14.9. The predicted molar refractivity (Wildman–Crippen MR) is 92.7 cm³/mol. The first-order chi connectivity index (χ1) is 10.9. The molecule has 122 valence electrons. The van der Waals surface area contributed by atoms with E-state index in [2.05, 4.69) is 32.6 Å². The quantitative estimate of drug-likeness (QED) is 0.558. The van der Waals surface area contributed by atoms with Gasteiger partial charge in [0.1, 0.15) is 30.0 Å². The van der Waals surface area contributed by atoms with Gasteiger partial charge in [0.05, 0.1) is 18.0 Å². The van der Waals surface area contributed by atoms with Crippen molar-refractivity contribution in [3.8, 4) is 0 Å². The van der Waals surface area contributed by atoms with Crippen molar-refractivity contribution in [2.24, 2.45) is 0 Å². The molecule has 2 aromatic heterocycles. The Morgan fingerprint density at radius 1 is 1.39 bits per heavy atom. The van der Waals surface area contributed by atoms with Crippen LogP contribution in [0.3, 0.4) is 0 Å². The first-order valence-corrected chi connectivity index (χ1v) is 8.43. The molecule has 0 aromatic carbocycles. The summed E-state index contributed by atoms with van der Waals surface area (Å²) in [5.41, 5.74) is 7.59. The maximum absolute atomic E-state index is 9.65. The molecule has 8 heteroatoms. The van der Waals surface area contributed by atoms with Crippen molar-refractivity contribution in [2.45, 2.75) is 37.9 Å². The summed E-state index contributed by atoms with van der Waals surface area (Å²) < 4.78 is 15.0. The standard InChI is InChI=1S/C15H17IN4O3/c1-15(2)22-11-7(5-21)3-9(12(11)23-15)20-4-8(16)10-13(17)18-6-19-14(10)20/h3-4,6,9,11-12,21H,5H2,1-2H3,(H2,17,18,19). The van der Waals surface area contributed by atoms with Gasteiger partial charge in [0, 0.05) is 9.77 Å². The summed E-state index contributed by atoms with van der Waals surface area (Å²) in [6, 6.07) is -0.107. The lowest BCUT2D eigenvalue weighted by atomic mass is 10.1. The summed E-state index contributed by atoms with van der Waals surface area (Å²) in [7, 11) is 0. The minimum absolute atomic E-state index is 0.0511. The van der Waals surface area contributed by atoms with Gasteiger partial charge in [0.15, 0.2) is 5.79 Å². The number of nitrogens with two attached hydrogens (primary N) is 1. The first kappa shape index (κ1) is 15.3. The summed E-state index contributed by atoms with van der Waals surface area (Å²) in [5, 5.41) is 10.5. The molecule has 1 aliphatic carbocycles. The topological polar surface area (TPSA) is 95.4 Å². The molecule has 0 radical (unpaired) electrons. The lowest BCUT2D eigenvalue weighted by Crippen LogP contribution is -2.28. The molecule has 3 atom stereocenters. The second-order valence-electron chi connectivity index (χ2n) is 6.25. The minimum Gasteiger partial charge on any atom is -0.392 e. The van der Waals surface area contributed by atoms with E-state index in [9.17, 15) is 5.11 Å². The van der Waals surface area contributed by atoms with Crippen LogP contribution in [0.5, 0.6) is 0 Å². The highest BCUT2D eigenvalue weighted by Crippen LogP contribution is 2.44. The summed E-state index contributed by atoms with van der Waals surface area (Å²) in [4.78, 5) is 8.45. The van der Waals surface area contributed by atoms with Gasteiger partial charge in [-0.1, -0.05) is 6.08 Å². The van der Waals surface area contributed by atoms with Gasteiger partial charge in [-0.05, 0) is 42.0 Å². The smallest absolute Gasteiger partial charge is 0.164 e. The van der Waals surface area contributed by atoms with Gasteiger partial charge in [-0.15, -0.1) is 0 Å². The van der Waals surface area contributed by atoms with E-state index in [4.69, 9.17) is 15.2 Å². The van der Waals surface area contributed by atoms with Crippen LogP contribution in [0.2, 0.25) is 0 Å². The fourth-order valence-electron chi connectivity index (χ4n) is 3.41. The fraction of sp³-hybridized carbons (Fsp3) is 0.467. The number of rotatable bonds is 2. The zero-order chi connectivity index (χ0) is 16.4. The maximum Gasteiger partial charge on any atom is 0.164 e. The molecule has 7 nitrogen and oxygen atoms in total. The summed E-state index contributed by atoms with van der Waals surface area (Å²) in [6.07, 6.45) is 5.01. The van der Waals surface area contributed by atoms with Crippen LogP contribution in [0.4, 0.5) is 5.82 Å². The van der Waals surface area contributed by atoms with Gasteiger partial charge in [-0.25, -0.2) is 9.97 Å². The minimum atomic E-state index is -0.674. The molecular weight excluding hydrogens is 411 g/mol. The Labute approximate surface area is 146 Å². The second kappa shape index (κ2) is 5.13. The molecule has 1 saturated heterocycles. The van der Waals surface area contributed by atoms with Gasteiger partial charge in [0.2, 0.25) is 0 Å². The molecule has 3 unspecified atom stereocenters. The average Bonchev–Trinajstić information content (AvgIpc) is 3.08. The fourth-order valence-corrected chi connectivity index (χ4v) is 4.22. The van der Waals surface area contributed by atoms with E-state index in [0.717, 1.165) is 20.2 Å². The average molecular weight is 428 g/mol. The van der Waals surface area contributed by atoms with Gasteiger partial charge in [-0.3, -0.25) is 0 Å². The highest BCUT2D eigenvalue weighted by atomic mass is 127. The first-order valence-electron chi connectivity index (χ1n) is 7.35. The lowest BCUT2D eigenvalue weighted by molar-refractivity contribution is -0.148. The van der Waals surface area contributed by atoms with Gasteiger partial charge in [0.25, 0.3) is 0 Å². The third-order valence-corrected chi connectivity index (χ3v) is 5.13. The van der Waals surface area contributed by atoms with Crippen molar-refractivity contribution in [1.82, 2.24) is 14.5 Å². The van der Waals surface area contributed by atoms with Crippen LogP contribution in [0.25, 0.3) is 11.0 Å². The van der Waals surface area contributed by atoms with Crippen molar-refractivity contribution in [3.05, 3.63) is 27.7 Å². The molecule has 3 heterocycles. The van der Waals surface area contributed by atoms with Crippen LogP contribution < -0.4 is 5.73 Å². The van der Waals surface area contributed by atoms with E-state index in [1.807, 2.05) is 30.7 Å². The maximum atomic E-state index is 9.65. The Kier molecular flexibility index (Phi) is 3.42. The number of aliphatic hydroxyl groups excluding tert-OH is 1. The molecule has 4 rings (SSSR count). The van der Waals surface area contributed by atoms with Gasteiger partial charge >= 0.3 is 0 Å². The van der Waals surface area contributed by atoms with Crippen LogP contribution in [0.1, 0.15) is 19.9 Å². The predicted octanol–water partition coefficient (Wildman–Crippen LogP) is 1.61. The molecular formula is C15H17IN4O3. The van der Waals surface area contributed by atoms with Gasteiger partial charge in [-0.2, -0.15) is 0 Å². The molecule has 0 saturated carbocycles. The van der Waals surface area contributed by atoms with Gasteiger partial charge < -0.3 is 24.9 Å². The number of nitrogens with zero attached hydrogens (tertiary/aromatic N) is 3. The SMILES string of the molecule is CC1(C)OC2C(CO)=CC(n3cc(I)c4c(N)ncnc43)C2O1. The number of hydrogen-bond donors (Lipinski definition) is 2. The van der Waals surface area contributed by atoms with Crippen LogP contribution in [0.15, 0.2) is 24.2 Å². The number of aliphatic hydroxyl groups is 1. The van der Waals surface area contributed by atoms with Crippen LogP contribution in [0, 0.1) is 3.57 Å². The monoisotopic (exact) mass is 428 g/mol. The van der Waals surface area contributed by atoms with Crippen molar-refractivity contribution < 1.29 is 14.6 Å². The molecule has 23 heavy (non-hydrogen) atoms. The number of hydrogen-bond acceptors (Lipinski definition) is 6. The third kappa shape index (κ3) is 2.27. The largest absolute Gasteiger partial charge is 0.392 e. The molecule has 2 aromatic rings. The Morgan fingerprint density at radius 2 is 2.17 bits per heavy atom. The molecule has 0 spiro atoms. The highest BCUT2D eigenvalue weighted by molar-refractivity contribution is 14.1. The molecule has 2 aliphatic rings. The number of ether oxygens (including phenoxy) is 2. The molecule has 1 aliphatic heterocycles. The van der Waals surface area contributed by atoms with Crippen molar-refractivity contribution in [2.75, 3.05) is 12.3 Å². The van der Waals surface area contributed by atoms with Crippen LogP contribution in [-0.4, -0.2) is 44.2 Å². The number of halogens is 1. The van der Waals surface area contributed by atoms with E-state index in [-0.39, 0.29) is 24.9 Å². The Bertz CT molecular complexity index is 816. The number of fused-ring (bicyclic) bond motifs is 2. The number of aromatic nitrogens is 3. The van der Waals surface area contributed by atoms with Crippen molar-refractivity contribution in [1.29, 1.82) is 0 Å².